The number of hydrogen-bond donors (Lipinski definition) is 2. The van der Waals surface area contributed by atoms with Crippen molar-refractivity contribution < 1.29 is 43.5 Å². The summed E-state index contributed by atoms with van der Waals surface area (Å²) in [5.74, 6) is -2.10. The van der Waals surface area contributed by atoms with E-state index in [1.54, 1.807) is 0 Å². The van der Waals surface area contributed by atoms with Crippen LogP contribution in [0.15, 0.2) is 182 Å². The van der Waals surface area contributed by atoms with E-state index in [0.717, 1.165) is 74.4 Å². The molecule has 2 amide bonds. The number of carbonyl (C=O) groups excluding carboxylic acids is 2. The molecule has 0 spiro atoms. The lowest BCUT2D eigenvalue weighted by molar-refractivity contribution is -0.148. The molecule has 4 aliphatic rings. The van der Waals surface area contributed by atoms with Gasteiger partial charge in [0.2, 0.25) is 11.8 Å². The Labute approximate surface area is 452 Å². The number of aliphatic carboxylic acids is 1. The fraction of sp³-hybridized carbons (Fsp3) is 0.391. The van der Waals surface area contributed by atoms with Crippen LogP contribution in [0.2, 0.25) is 0 Å². The van der Waals surface area contributed by atoms with Gasteiger partial charge in [0, 0.05) is 67.6 Å². The van der Waals surface area contributed by atoms with Crippen molar-refractivity contribution in [3.63, 3.8) is 0 Å². The first-order valence-electron chi connectivity index (χ1n) is 27.0. The number of aliphatic hydroxyl groups excluding tert-OH is 1. The van der Waals surface area contributed by atoms with Crippen molar-refractivity contribution >= 4 is 26.2 Å². The number of ether oxygens (including phenoxy) is 4. The van der Waals surface area contributed by atoms with Crippen LogP contribution in [0.3, 0.4) is 0 Å². The van der Waals surface area contributed by atoms with Gasteiger partial charge in [-0.05, 0) is 91.2 Å². The molecule has 4 fully saturated rings. The number of hydrogen-bond acceptors (Lipinski definition) is 8. The molecule has 4 atom stereocenters. The Morgan fingerprint density at radius 1 is 0.487 bits per heavy atom. The summed E-state index contributed by atoms with van der Waals surface area (Å²) in [6, 6.07) is 58.3. The zero-order chi connectivity index (χ0) is 52.3. The summed E-state index contributed by atoms with van der Waals surface area (Å²) in [5, 5.41) is 19.8. The molecule has 0 aliphatic carbocycles. The Hall–Kier alpha value is -6.41. The number of rotatable bonds is 18. The molecule has 4 saturated heterocycles. The first-order chi connectivity index (χ1) is 36.9. The molecule has 3 radical (unpaired) electrons. The van der Waals surface area contributed by atoms with Crippen LogP contribution in [0.5, 0.6) is 0 Å². The normalized spacial score (nSPS) is 18.6. The van der Waals surface area contributed by atoms with Crippen LogP contribution in [0.1, 0.15) is 96.6 Å². The standard InChI is InChI=1S/C28H29NO4.C28H31NO3.2C4H8O.B/c30-27(26(22-14-6-2-7-15-22)23-16-8-3-9-17-23)29-20-24(19-25(29)28(31)32)33-18-10-13-21-11-4-1-5-12-21;30-21-25-19-26(32-18-10-13-22-11-4-1-5-12-22)20-29(25)28(31)27(23-14-6-2-7-15-23)24-16-8-3-9-17-24;2*1-2-4-5-3-1;/h1-9,11-12,14-17,24-26H,10,13,18-20H2,(H,31,32);1-9,11-12,14-17,25-27,30H,10,13,18-21H2;2*1-4H2;/t24-,25-;25-,26-;;;/m00.../s1. The molecule has 0 bridgehead atoms. The predicted molar refractivity (Wildman–Crippen MR) is 299 cm³/mol. The predicted octanol–water partition coefficient (Wildman–Crippen LogP) is 10.2. The van der Waals surface area contributed by atoms with Crippen molar-refractivity contribution in [2.45, 2.75) is 100 Å². The third-order valence-corrected chi connectivity index (χ3v) is 14.0. The molecule has 4 heterocycles. The number of likely N-dealkylation sites (tertiary alicyclic amines) is 2. The monoisotopic (exact) mass is 1030 g/mol. The molecule has 6 aromatic rings. The number of carboxylic acids is 1. The second kappa shape index (κ2) is 32.9. The number of amides is 2. The van der Waals surface area contributed by atoms with Gasteiger partial charge in [-0.25, -0.2) is 4.79 Å². The van der Waals surface area contributed by atoms with Crippen molar-refractivity contribution in [1.29, 1.82) is 0 Å². The average Bonchev–Trinajstić information content (AvgIpc) is 4.34. The van der Waals surface area contributed by atoms with Crippen LogP contribution in [0.25, 0.3) is 0 Å². The Bertz CT molecular complexity index is 2420. The minimum atomic E-state index is -0.987. The van der Waals surface area contributed by atoms with E-state index < -0.39 is 17.9 Å². The molecular weight excluding hydrogens is 952 g/mol. The maximum absolute atomic E-state index is 13.7. The second-order valence-corrected chi connectivity index (χ2v) is 19.5. The number of carbonyl (C=O) groups is 3. The third kappa shape index (κ3) is 18.4. The Balaban J connectivity index is 0.000000205. The lowest BCUT2D eigenvalue weighted by Gasteiger charge is -2.28. The second-order valence-electron chi connectivity index (χ2n) is 19.5. The molecule has 2 N–H and O–H groups in total. The fourth-order valence-electron chi connectivity index (χ4n) is 10.1. The van der Waals surface area contributed by atoms with Gasteiger partial charge < -0.3 is 39.0 Å². The van der Waals surface area contributed by atoms with Gasteiger partial charge in [-0.1, -0.05) is 182 Å². The van der Waals surface area contributed by atoms with Crippen LogP contribution in [-0.4, -0.2) is 130 Å². The summed E-state index contributed by atoms with van der Waals surface area (Å²) >= 11 is 0. The zero-order valence-corrected chi connectivity index (χ0v) is 43.9. The Morgan fingerprint density at radius 2 is 0.816 bits per heavy atom. The van der Waals surface area contributed by atoms with E-state index in [1.807, 2.05) is 150 Å². The van der Waals surface area contributed by atoms with E-state index in [4.69, 9.17) is 18.9 Å². The summed E-state index contributed by atoms with van der Waals surface area (Å²) in [6.07, 6.45) is 9.44. The Kier molecular flexibility index (Phi) is 25.5. The molecular formula is C64H76BN2O9. The van der Waals surface area contributed by atoms with Gasteiger partial charge in [0.1, 0.15) is 6.04 Å². The quantitative estimate of drug-likeness (QED) is 0.0637. The van der Waals surface area contributed by atoms with Crippen LogP contribution in [0.4, 0.5) is 0 Å². The van der Waals surface area contributed by atoms with Gasteiger partial charge in [-0.2, -0.15) is 0 Å². The highest BCUT2D eigenvalue weighted by atomic mass is 16.5. The summed E-state index contributed by atoms with van der Waals surface area (Å²) in [5.41, 5.74) is 6.19. The number of nitrogens with zero attached hydrogens (tertiary/aromatic N) is 2. The number of carboxylic acid groups (broad SMARTS) is 1. The van der Waals surface area contributed by atoms with Gasteiger partial charge in [0.05, 0.1) is 36.7 Å². The highest BCUT2D eigenvalue weighted by molar-refractivity contribution is 5.91. The van der Waals surface area contributed by atoms with Gasteiger partial charge in [-0.3, -0.25) is 9.59 Å². The lowest BCUT2D eigenvalue weighted by Crippen LogP contribution is -2.43. The maximum Gasteiger partial charge on any atom is 0.326 e. The van der Waals surface area contributed by atoms with Crippen molar-refractivity contribution in [1.82, 2.24) is 9.80 Å². The summed E-state index contributed by atoms with van der Waals surface area (Å²) in [7, 11) is 0. The van der Waals surface area contributed by atoms with Crippen molar-refractivity contribution in [3.8, 4) is 0 Å². The molecule has 0 unspecified atom stereocenters. The largest absolute Gasteiger partial charge is 0.480 e. The van der Waals surface area contributed by atoms with Crippen LogP contribution in [0, 0.1) is 0 Å². The minimum Gasteiger partial charge on any atom is -0.480 e. The van der Waals surface area contributed by atoms with E-state index in [9.17, 15) is 24.6 Å². The van der Waals surface area contributed by atoms with Crippen molar-refractivity contribution in [3.05, 3.63) is 215 Å². The zero-order valence-electron chi connectivity index (χ0n) is 43.9. The van der Waals surface area contributed by atoms with Crippen LogP contribution >= 0.6 is 0 Å². The Morgan fingerprint density at radius 3 is 1.14 bits per heavy atom. The molecule has 12 heteroatoms. The van der Waals surface area contributed by atoms with E-state index >= 15 is 0 Å². The van der Waals surface area contributed by atoms with Gasteiger partial charge in [-0.15, -0.1) is 0 Å². The first kappa shape index (κ1) is 58.8. The molecule has 399 valence electrons. The van der Waals surface area contributed by atoms with Crippen LogP contribution < -0.4 is 0 Å². The number of benzene rings is 6. The van der Waals surface area contributed by atoms with E-state index in [-0.39, 0.29) is 57.5 Å². The smallest absolute Gasteiger partial charge is 0.326 e. The van der Waals surface area contributed by atoms with Crippen molar-refractivity contribution in [2.75, 3.05) is 59.3 Å². The molecule has 76 heavy (non-hydrogen) atoms. The molecule has 6 aromatic carbocycles. The number of aliphatic hydroxyl groups is 1. The SMILES string of the molecule is C1CCOC1.C1CCOC1.O=C(C(c1ccccc1)c1ccccc1)N1C[C@@H](OCCCc2ccccc2)C[C@H]1CO.O=C(O)[C@@H]1C[C@H](OCCCc2ccccc2)CN1C(=O)C(c1ccccc1)c1ccccc1.[B]. The van der Waals surface area contributed by atoms with Crippen LogP contribution in [-0.2, 0) is 46.2 Å². The fourth-order valence-corrected chi connectivity index (χ4v) is 10.1. The lowest BCUT2D eigenvalue weighted by atomic mass is 9.90. The molecule has 11 nitrogen and oxygen atoms in total. The molecule has 10 rings (SSSR count). The summed E-state index contributed by atoms with van der Waals surface area (Å²) in [4.78, 5) is 42.8. The topological polar surface area (TPSA) is 135 Å². The highest BCUT2D eigenvalue weighted by Gasteiger charge is 2.43. The average molecular weight is 1030 g/mol. The van der Waals surface area contributed by atoms with Crippen molar-refractivity contribution in [2.24, 2.45) is 0 Å². The molecule has 4 aliphatic heterocycles. The minimum absolute atomic E-state index is 0. The van der Waals surface area contributed by atoms with Gasteiger partial charge in [0.25, 0.3) is 0 Å². The van der Waals surface area contributed by atoms with E-state index in [0.29, 0.717) is 32.6 Å². The summed E-state index contributed by atoms with van der Waals surface area (Å²) in [6.45, 7) is 5.95. The molecule has 0 saturated carbocycles. The van der Waals surface area contributed by atoms with Gasteiger partial charge in [0.15, 0.2) is 0 Å². The van der Waals surface area contributed by atoms with Gasteiger partial charge >= 0.3 is 5.97 Å². The summed E-state index contributed by atoms with van der Waals surface area (Å²) < 4.78 is 22.0. The van der Waals surface area contributed by atoms with E-state index in [2.05, 4.69) is 36.4 Å². The maximum atomic E-state index is 13.7. The number of aryl methyl sites for hydroxylation is 2. The molecule has 0 aromatic heterocycles. The van der Waals surface area contributed by atoms with E-state index in [1.165, 1.54) is 41.7 Å². The third-order valence-electron chi connectivity index (χ3n) is 14.0. The highest BCUT2D eigenvalue weighted by Crippen LogP contribution is 2.33. The first-order valence-corrected chi connectivity index (χ1v) is 27.0.